The normalized spacial score (nSPS) is 26.8. The van der Waals surface area contributed by atoms with Crippen LogP contribution in [0.15, 0.2) is 23.4 Å². The van der Waals surface area contributed by atoms with E-state index in [2.05, 4.69) is 5.32 Å². The lowest BCUT2D eigenvalue weighted by atomic mass is 9.88. The standard InChI is InChI=1S/C10H11NO5/c1-10(9(15)16)5-6(2-3-12)4-7(11-10)8(13)14/h2-4,11H,5H2,1H3,(H,13,14)(H,15,16)/t10-/m0/s1. The molecular weight excluding hydrogens is 214 g/mol. The Balaban J connectivity index is 3.15. The highest BCUT2D eigenvalue weighted by Crippen LogP contribution is 2.24. The second-order valence-corrected chi connectivity index (χ2v) is 3.68. The lowest BCUT2D eigenvalue weighted by Crippen LogP contribution is -2.52. The molecule has 86 valence electrons. The number of carboxylic acid groups (broad SMARTS) is 2. The Hall–Kier alpha value is -2.11. The van der Waals surface area contributed by atoms with Crippen LogP contribution >= 0.6 is 0 Å². The van der Waals surface area contributed by atoms with Crippen LogP contribution in [0.1, 0.15) is 13.3 Å². The Morgan fingerprint density at radius 3 is 2.56 bits per heavy atom. The first-order valence-electron chi connectivity index (χ1n) is 4.50. The summed E-state index contributed by atoms with van der Waals surface area (Å²) >= 11 is 0. The Bertz CT molecular complexity index is 409. The molecule has 0 saturated heterocycles. The highest BCUT2D eigenvalue weighted by Gasteiger charge is 2.38. The van der Waals surface area contributed by atoms with Crippen molar-refractivity contribution in [1.29, 1.82) is 0 Å². The number of aldehydes is 1. The predicted molar refractivity (Wildman–Crippen MR) is 53.7 cm³/mol. The molecule has 1 aliphatic rings. The van der Waals surface area contributed by atoms with E-state index < -0.39 is 17.5 Å². The van der Waals surface area contributed by atoms with Crippen LogP contribution < -0.4 is 5.32 Å². The van der Waals surface area contributed by atoms with Crippen LogP contribution in [0.5, 0.6) is 0 Å². The third kappa shape index (κ3) is 2.28. The third-order valence-corrected chi connectivity index (χ3v) is 2.28. The number of allylic oxidation sites excluding steroid dienone is 2. The monoisotopic (exact) mass is 225 g/mol. The van der Waals surface area contributed by atoms with Crippen molar-refractivity contribution in [1.82, 2.24) is 5.32 Å². The average molecular weight is 225 g/mol. The van der Waals surface area contributed by atoms with Gasteiger partial charge in [0.15, 0.2) is 0 Å². The topological polar surface area (TPSA) is 104 Å². The van der Waals surface area contributed by atoms with Gasteiger partial charge in [-0.15, -0.1) is 0 Å². The molecule has 0 amide bonds. The first-order valence-corrected chi connectivity index (χ1v) is 4.50. The minimum atomic E-state index is -1.41. The maximum absolute atomic E-state index is 11.0. The van der Waals surface area contributed by atoms with Crippen LogP contribution in [-0.4, -0.2) is 34.0 Å². The van der Waals surface area contributed by atoms with Crippen molar-refractivity contribution in [3.63, 3.8) is 0 Å². The molecule has 1 rings (SSSR count). The second-order valence-electron chi connectivity index (χ2n) is 3.68. The molecule has 0 unspecified atom stereocenters. The van der Waals surface area contributed by atoms with Gasteiger partial charge in [-0.05, 0) is 24.6 Å². The fraction of sp³-hybridized carbons (Fsp3) is 0.300. The van der Waals surface area contributed by atoms with Gasteiger partial charge in [0.05, 0.1) is 0 Å². The van der Waals surface area contributed by atoms with Gasteiger partial charge in [-0.1, -0.05) is 0 Å². The number of rotatable bonds is 3. The van der Waals surface area contributed by atoms with E-state index in [1.165, 1.54) is 13.0 Å². The zero-order valence-corrected chi connectivity index (χ0v) is 8.56. The van der Waals surface area contributed by atoms with E-state index in [1.807, 2.05) is 0 Å². The third-order valence-electron chi connectivity index (χ3n) is 2.28. The Labute approximate surface area is 91.3 Å². The quantitative estimate of drug-likeness (QED) is 0.458. The summed E-state index contributed by atoms with van der Waals surface area (Å²) in [5.74, 6) is -2.43. The Kier molecular flexibility index (Phi) is 3.12. The molecule has 16 heavy (non-hydrogen) atoms. The van der Waals surface area contributed by atoms with E-state index in [4.69, 9.17) is 10.2 Å². The molecule has 0 saturated carbocycles. The fourth-order valence-corrected chi connectivity index (χ4v) is 1.46. The zero-order chi connectivity index (χ0) is 12.3. The molecule has 0 spiro atoms. The number of hydrogen-bond acceptors (Lipinski definition) is 4. The van der Waals surface area contributed by atoms with Crippen molar-refractivity contribution in [3.05, 3.63) is 23.4 Å². The molecule has 3 N–H and O–H groups in total. The van der Waals surface area contributed by atoms with Gasteiger partial charge in [-0.2, -0.15) is 0 Å². The van der Waals surface area contributed by atoms with Gasteiger partial charge in [0.2, 0.25) is 0 Å². The number of carbonyl (C=O) groups excluding carboxylic acids is 1. The minimum Gasteiger partial charge on any atom is -0.480 e. The van der Waals surface area contributed by atoms with Gasteiger partial charge in [-0.25, -0.2) is 9.59 Å². The second kappa shape index (κ2) is 4.18. The van der Waals surface area contributed by atoms with E-state index in [0.717, 1.165) is 6.08 Å². The molecule has 1 atom stereocenters. The summed E-state index contributed by atoms with van der Waals surface area (Å²) in [6, 6.07) is 0. The van der Waals surface area contributed by atoms with E-state index in [-0.39, 0.29) is 12.1 Å². The van der Waals surface area contributed by atoms with E-state index in [1.54, 1.807) is 0 Å². The summed E-state index contributed by atoms with van der Waals surface area (Å²) < 4.78 is 0. The average Bonchev–Trinajstić information content (AvgIpc) is 2.17. The number of aliphatic carboxylic acids is 2. The molecule has 0 aromatic heterocycles. The van der Waals surface area contributed by atoms with Crippen molar-refractivity contribution >= 4 is 18.2 Å². The summed E-state index contributed by atoms with van der Waals surface area (Å²) in [6.07, 6.45) is 2.96. The van der Waals surface area contributed by atoms with E-state index in [0.29, 0.717) is 11.9 Å². The van der Waals surface area contributed by atoms with Crippen LogP contribution in [-0.2, 0) is 14.4 Å². The SMILES string of the molecule is C[C@@]1(C(=O)O)CC(=CC=O)C=C(C(=O)O)N1. The molecule has 1 aliphatic heterocycles. The van der Waals surface area contributed by atoms with E-state index in [9.17, 15) is 14.4 Å². The van der Waals surface area contributed by atoms with Gasteiger partial charge >= 0.3 is 11.9 Å². The molecule has 0 radical (unpaired) electrons. The summed E-state index contributed by atoms with van der Waals surface area (Å²) in [6.45, 7) is 1.36. The van der Waals surface area contributed by atoms with Crippen LogP contribution in [0.4, 0.5) is 0 Å². The lowest BCUT2D eigenvalue weighted by molar-refractivity contribution is -0.144. The van der Waals surface area contributed by atoms with Gasteiger partial charge in [-0.3, -0.25) is 4.79 Å². The van der Waals surface area contributed by atoms with Crippen molar-refractivity contribution in [2.45, 2.75) is 18.9 Å². The molecule has 0 aromatic rings. The number of carbonyl (C=O) groups is 3. The van der Waals surface area contributed by atoms with Crippen LogP contribution in [0.25, 0.3) is 0 Å². The molecule has 0 aliphatic carbocycles. The first-order chi connectivity index (χ1) is 7.39. The summed E-state index contributed by atoms with van der Waals surface area (Å²) in [7, 11) is 0. The van der Waals surface area contributed by atoms with Crippen LogP contribution in [0.2, 0.25) is 0 Å². The van der Waals surface area contributed by atoms with E-state index >= 15 is 0 Å². The first kappa shape index (κ1) is 12.0. The number of nitrogens with one attached hydrogen (secondary N) is 1. The molecule has 1 heterocycles. The summed E-state index contributed by atoms with van der Waals surface area (Å²) in [5, 5.41) is 20.2. The molecule has 0 bridgehead atoms. The van der Waals surface area contributed by atoms with Crippen LogP contribution in [0, 0.1) is 0 Å². The smallest absolute Gasteiger partial charge is 0.351 e. The lowest BCUT2D eigenvalue weighted by Gasteiger charge is -2.31. The molecule has 0 aromatic carbocycles. The van der Waals surface area contributed by atoms with Crippen LogP contribution in [0.3, 0.4) is 0 Å². The Morgan fingerprint density at radius 1 is 1.50 bits per heavy atom. The minimum absolute atomic E-state index is 0.0534. The molecular formula is C10H11NO5. The highest BCUT2D eigenvalue weighted by atomic mass is 16.4. The fourth-order valence-electron chi connectivity index (χ4n) is 1.46. The van der Waals surface area contributed by atoms with Crippen molar-refractivity contribution < 1.29 is 24.6 Å². The highest BCUT2D eigenvalue weighted by molar-refractivity contribution is 5.90. The van der Waals surface area contributed by atoms with Gasteiger partial charge in [0, 0.05) is 6.42 Å². The maximum atomic E-state index is 11.0. The van der Waals surface area contributed by atoms with Gasteiger partial charge < -0.3 is 15.5 Å². The van der Waals surface area contributed by atoms with Crippen molar-refractivity contribution in [2.75, 3.05) is 0 Å². The molecule has 0 fully saturated rings. The zero-order valence-electron chi connectivity index (χ0n) is 8.56. The van der Waals surface area contributed by atoms with Crippen molar-refractivity contribution in [2.24, 2.45) is 0 Å². The number of carboxylic acids is 2. The van der Waals surface area contributed by atoms with Crippen molar-refractivity contribution in [3.8, 4) is 0 Å². The maximum Gasteiger partial charge on any atom is 0.351 e. The Morgan fingerprint density at radius 2 is 2.12 bits per heavy atom. The number of hydrogen-bond donors (Lipinski definition) is 3. The van der Waals surface area contributed by atoms with Gasteiger partial charge in [0.1, 0.15) is 17.5 Å². The largest absolute Gasteiger partial charge is 0.480 e. The summed E-state index contributed by atoms with van der Waals surface area (Å²) in [4.78, 5) is 32.1. The predicted octanol–water partition coefficient (Wildman–Crippen LogP) is -0.0832. The summed E-state index contributed by atoms with van der Waals surface area (Å²) in [5.41, 5.74) is -1.27. The molecule has 6 heteroatoms. The van der Waals surface area contributed by atoms with Gasteiger partial charge in [0.25, 0.3) is 0 Å². The molecule has 6 nitrogen and oxygen atoms in total.